The molecule has 1 atom stereocenters. The summed E-state index contributed by atoms with van der Waals surface area (Å²) < 4.78 is 1.82. The Morgan fingerprint density at radius 3 is 2.59 bits per heavy atom. The van der Waals surface area contributed by atoms with Crippen molar-refractivity contribution in [1.82, 2.24) is 19.9 Å². The lowest BCUT2D eigenvalue weighted by atomic mass is 10.0. The number of halogens is 1. The SMILES string of the molecule is Cc1cnn2c(NCCCCNC(=O)C(C)Cc3ccccc3)cc(-c3ccccc3Cl)nc12. The topological polar surface area (TPSA) is 71.3 Å². The molecule has 0 radical (unpaired) electrons. The molecule has 4 aromatic rings. The zero-order valence-corrected chi connectivity index (χ0v) is 20.3. The molecule has 0 saturated carbocycles. The minimum absolute atomic E-state index is 0.0445. The van der Waals surface area contributed by atoms with Gasteiger partial charge in [0.25, 0.3) is 0 Å². The van der Waals surface area contributed by atoms with Gasteiger partial charge in [-0.05, 0) is 37.8 Å². The first kappa shape index (κ1) is 23.8. The van der Waals surface area contributed by atoms with Crippen molar-refractivity contribution in [2.24, 2.45) is 5.92 Å². The Hall–Kier alpha value is -3.38. The van der Waals surface area contributed by atoms with E-state index in [1.165, 1.54) is 5.56 Å². The molecule has 0 spiro atoms. The number of benzene rings is 2. The number of nitrogens with one attached hydrogen (secondary N) is 2. The van der Waals surface area contributed by atoms with E-state index in [2.05, 4.69) is 27.9 Å². The van der Waals surface area contributed by atoms with Gasteiger partial charge in [-0.2, -0.15) is 9.61 Å². The molecule has 0 fully saturated rings. The Morgan fingerprint density at radius 2 is 1.79 bits per heavy atom. The number of amides is 1. The van der Waals surface area contributed by atoms with E-state index < -0.39 is 0 Å². The molecular weight excluding hydrogens is 446 g/mol. The first-order valence-corrected chi connectivity index (χ1v) is 12.1. The fourth-order valence-electron chi connectivity index (χ4n) is 3.92. The van der Waals surface area contributed by atoms with Crippen LogP contribution in [0.5, 0.6) is 0 Å². The van der Waals surface area contributed by atoms with Gasteiger partial charge in [-0.25, -0.2) is 4.98 Å². The van der Waals surface area contributed by atoms with Gasteiger partial charge in [-0.1, -0.05) is 67.1 Å². The molecule has 176 valence electrons. The molecular formula is C27H30ClN5O. The van der Waals surface area contributed by atoms with Gasteiger partial charge in [0, 0.05) is 41.2 Å². The van der Waals surface area contributed by atoms with Crippen LogP contribution in [-0.2, 0) is 11.2 Å². The smallest absolute Gasteiger partial charge is 0.223 e. The molecule has 7 heteroatoms. The number of unbranched alkanes of at least 4 members (excludes halogenated alkanes) is 1. The molecule has 2 aromatic heterocycles. The molecule has 4 rings (SSSR count). The van der Waals surface area contributed by atoms with Crippen molar-refractivity contribution < 1.29 is 4.79 Å². The van der Waals surface area contributed by atoms with Crippen LogP contribution in [0.3, 0.4) is 0 Å². The van der Waals surface area contributed by atoms with Crippen molar-refractivity contribution in [2.75, 3.05) is 18.4 Å². The lowest BCUT2D eigenvalue weighted by molar-refractivity contribution is -0.124. The summed E-state index contributed by atoms with van der Waals surface area (Å²) in [6.07, 6.45) is 4.37. The summed E-state index contributed by atoms with van der Waals surface area (Å²) in [6.45, 7) is 5.39. The third kappa shape index (κ3) is 5.75. The molecule has 0 aliphatic rings. The van der Waals surface area contributed by atoms with Gasteiger partial charge >= 0.3 is 0 Å². The predicted octanol–water partition coefficient (Wildman–Crippen LogP) is 5.55. The number of carbonyl (C=O) groups is 1. The monoisotopic (exact) mass is 475 g/mol. The molecule has 2 aromatic carbocycles. The predicted molar refractivity (Wildman–Crippen MR) is 138 cm³/mol. The first-order chi connectivity index (χ1) is 16.5. The van der Waals surface area contributed by atoms with Gasteiger partial charge in [0.05, 0.1) is 11.9 Å². The molecule has 6 nitrogen and oxygen atoms in total. The van der Waals surface area contributed by atoms with E-state index in [1.807, 2.05) is 73.1 Å². The molecule has 1 amide bonds. The van der Waals surface area contributed by atoms with Crippen molar-refractivity contribution in [3.8, 4) is 11.3 Å². The molecule has 0 saturated heterocycles. The Bertz CT molecular complexity index is 1250. The maximum Gasteiger partial charge on any atom is 0.223 e. The largest absolute Gasteiger partial charge is 0.370 e. The van der Waals surface area contributed by atoms with E-state index in [-0.39, 0.29) is 11.8 Å². The van der Waals surface area contributed by atoms with Crippen molar-refractivity contribution >= 4 is 29.0 Å². The van der Waals surface area contributed by atoms with Crippen LogP contribution in [0.1, 0.15) is 30.9 Å². The van der Waals surface area contributed by atoms with Crippen LogP contribution in [0.25, 0.3) is 16.9 Å². The highest BCUT2D eigenvalue weighted by Crippen LogP contribution is 2.29. The molecule has 2 N–H and O–H groups in total. The Kier molecular flexibility index (Phi) is 7.80. The average molecular weight is 476 g/mol. The van der Waals surface area contributed by atoms with Gasteiger partial charge in [0.2, 0.25) is 5.91 Å². The Labute approximate surface area is 205 Å². The van der Waals surface area contributed by atoms with Crippen LogP contribution in [0.2, 0.25) is 5.02 Å². The normalized spacial score (nSPS) is 12.0. The lowest BCUT2D eigenvalue weighted by Crippen LogP contribution is -2.31. The average Bonchev–Trinajstić information content (AvgIpc) is 3.22. The third-order valence-corrected chi connectivity index (χ3v) is 6.17. The zero-order valence-electron chi connectivity index (χ0n) is 19.6. The molecule has 0 bridgehead atoms. The van der Waals surface area contributed by atoms with E-state index in [1.54, 1.807) is 0 Å². The second-order valence-electron chi connectivity index (χ2n) is 8.59. The Morgan fingerprint density at radius 1 is 1.06 bits per heavy atom. The lowest BCUT2D eigenvalue weighted by Gasteiger charge is -2.13. The Balaban J connectivity index is 1.30. The summed E-state index contributed by atoms with van der Waals surface area (Å²) in [5, 5.41) is 11.7. The van der Waals surface area contributed by atoms with Gasteiger partial charge < -0.3 is 10.6 Å². The number of nitrogens with zero attached hydrogens (tertiary/aromatic N) is 3. The van der Waals surface area contributed by atoms with Crippen LogP contribution in [0.4, 0.5) is 5.82 Å². The van der Waals surface area contributed by atoms with Crippen LogP contribution < -0.4 is 10.6 Å². The number of hydrogen-bond donors (Lipinski definition) is 2. The fraction of sp³-hybridized carbons (Fsp3) is 0.296. The summed E-state index contributed by atoms with van der Waals surface area (Å²) in [5.41, 5.74) is 4.69. The fourth-order valence-corrected chi connectivity index (χ4v) is 4.15. The van der Waals surface area contributed by atoms with Crippen LogP contribution in [0.15, 0.2) is 66.9 Å². The molecule has 2 heterocycles. The summed E-state index contributed by atoms with van der Waals surface area (Å²) in [7, 11) is 0. The highest BCUT2D eigenvalue weighted by Gasteiger charge is 2.14. The summed E-state index contributed by atoms with van der Waals surface area (Å²) in [5.74, 6) is 0.925. The molecule has 1 unspecified atom stereocenters. The minimum Gasteiger partial charge on any atom is -0.370 e. The molecule has 34 heavy (non-hydrogen) atoms. The maximum atomic E-state index is 12.4. The van der Waals surface area contributed by atoms with E-state index >= 15 is 0 Å². The van der Waals surface area contributed by atoms with Crippen LogP contribution >= 0.6 is 11.6 Å². The number of anilines is 1. The number of fused-ring (bicyclic) bond motifs is 1. The molecule has 0 aliphatic heterocycles. The number of aromatic nitrogens is 3. The van der Waals surface area contributed by atoms with Crippen LogP contribution in [-0.4, -0.2) is 33.6 Å². The third-order valence-electron chi connectivity index (χ3n) is 5.84. The number of rotatable bonds is 10. The van der Waals surface area contributed by atoms with Crippen molar-refractivity contribution in [3.63, 3.8) is 0 Å². The minimum atomic E-state index is -0.0445. The second kappa shape index (κ2) is 11.2. The van der Waals surface area contributed by atoms with Crippen molar-refractivity contribution in [3.05, 3.63) is 83.0 Å². The first-order valence-electron chi connectivity index (χ1n) is 11.7. The summed E-state index contributed by atoms with van der Waals surface area (Å²) in [6, 6.07) is 19.8. The van der Waals surface area contributed by atoms with Gasteiger partial charge in [0.15, 0.2) is 5.65 Å². The molecule has 0 aliphatic carbocycles. The zero-order chi connectivity index (χ0) is 23.9. The van der Waals surface area contributed by atoms with Gasteiger partial charge in [-0.3, -0.25) is 4.79 Å². The highest BCUT2D eigenvalue weighted by atomic mass is 35.5. The summed E-state index contributed by atoms with van der Waals surface area (Å²) in [4.78, 5) is 17.2. The summed E-state index contributed by atoms with van der Waals surface area (Å²) >= 11 is 6.41. The second-order valence-corrected chi connectivity index (χ2v) is 8.99. The van der Waals surface area contributed by atoms with Crippen molar-refractivity contribution in [2.45, 2.75) is 33.1 Å². The van der Waals surface area contributed by atoms with Crippen molar-refractivity contribution in [1.29, 1.82) is 0 Å². The van der Waals surface area contributed by atoms with E-state index in [4.69, 9.17) is 16.6 Å². The standard InChI is InChI=1S/C27H30ClN5O/c1-19(16-21-10-4-3-5-11-21)27(34)30-15-9-8-14-29-25-17-24(22-12-6-7-13-23(22)28)32-26-20(2)18-31-33(25)26/h3-7,10-13,17-19,29H,8-9,14-16H2,1-2H3,(H,30,34). The van der Waals surface area contributed by atoms with Gasteiger partial charge in [-0.15, -0.1) is 0 Å². The van der Waals surface area contributed by atoms with Crippen LogP contribution in [0, 0.1) is 12.8 Å². The number of aryl methyl sites for hydroxylation is 1. The van der Waals surface area contributed by atoms with E-state index in [9.17, 15) is 4.79 Å². The van der Waals surface area contributed by atoms with E-state index in [0.717, 1.165) is 54.1 Å². The number of carbonyl (C=O) groups excluding carboxylic acids is 1. The highest BCUT2D eigenvalue weighted by molar-refractivity contribution is 6.33. The van der Waals surface area contributed by atoms with Gasteiger partial charge in [0.1, 0.15) is 5.82 Å². The number of hydrogen-bond acceptors (Lipinski definition) is 4. The quantitative estimate of drug-likeness (QED) is 0.295. The van der Waals surface area contributed by atoms with E-state index in [0.29, 0.717) is 11.6 Å². The maximum absolute atomic E-state index is 12.4.